The molecule has 2 aromatic carbocycles. The quantitative estimate of drug-likeness (QED) is 0.520. The number of nitrogens with zero attached hydrogens (tertiary/aromatic N) is 4. The number of aliphatic hydroxyl groups is 1. The molecule has 176 valence electrons. The normalized spacial score (nSPS) is 16.9. The Labute approximate surface area is 197 Å². The van der Waals surface area contributed by atoms with Gasteiger partial charge in [0, 0.05) is 25.8 Å². The zero-order valence-electron chi connectivity index (χ0n) is 18.5. The summed E-state index contributed by atoms with van der Waals surface area (Å²) < 4.78 is 27.2. The van der Waals surface area contributed by atoms with Crippen LogP contribution >= 0.6 is 0 Å². The Bertz CT molecular complexity index is 1340. The summed E-state index contributed by atoms with van der Waals surface area (Å²) in [7, 11) is -1.79. The molecule has 0 aliphatic carbocycles. The molecule has 11 heteroatoms. The molecule has 0 saturated carbocycles. The predicted octanol–water partition coefficient (Wildman–Crippen LogP) is 2.70. The van der Waals surface area contributed by atoms with Gasteiger partial charge < -0.3 is 20.6 Å². The first-order valence-corrected chi connectivity index (χ1v) is 12.3. The van der Waals surface area contributed by atoms with Crippen molar-refractivity contribution in [3.63, 3.8) is 0 Å². The van der Waals surface area contributed by atoms with E-state index in [-0.39, 0.29) is 10.8 Å². The lowest BCUT2D eigenvalue weighted by atomic mass is 10.1. The molecule has 3 N–H and O–H groups in total. The SMILES string of the molecule is CN1c2ccccc2C(=O)Nc2cnc(Nc3ccc(S(=O)(=O)N4CCC(O)CC4)cc3)nc21. The number of aromatic nitrogens is 2. The van der Waals surface area contributed by atoms with Gasteiger partial charge in [-0.15, -0.1) is 0 Å². The number of rotatable bonds is 4. The summed E-state index contributed by atoms with van der Waals surface area (Å²) >= 11 is 0. The van der Waals surface area contributed by atoms with E-state index in [1.165, 1.54) is 22.6 Å². The minimum absolute atomic E-state index is 0.191. The second-order valence-electron chi connectivity index (χ2n) is 8.25. The molecule has 2 aliphatic rings. The van der Waals surface area contributed by atoms with Crippen LogP contribution in [0.1, 0.15) is 23.2 Å². The van der Waals surface area contributed by atoms with Crippen molar-refractivity contribution in [1.82, 2.24) is 14.3 Å². The maximum absolute atomic E-state index is 12.9. The molecule has 0 unspecified atom stereocenters. The highest BCUT2D eigenvalue weighted by Gasteiger charge is 2.29. The van der Waals surface area contributed by atoms with Crippen LogP contribution in [0.25, 0.3) is 0 Å². The minimum Gasteiger partial charge on any atom is -0.393 e. The number of hydrogen-bond acceptors (Lipinski definition) is 8. The van der Waals surface area contributed by atoms with Crippen LogP contribution in [0.3, 0.4) is 0 Å². The molecular formula is C23H24N6O4S. The number of benzene rings is 2. The fourth-order valence-corrected chi connectivity index (χ4v) is 5.58. The summed E-state index contributed by atoms with van der Waals surface area (Å²) in [6, 6.07) is 13.6. The first kappa shape index (κ1) is 22.3. The summed E-state index contributed by atoms with van der Waals surface area (Å²) in [4.78, 5) is 23.4. The van der Waals surface area contributed by atoms with Gasteiger partial charge in [-0.05, 0) is 49.2 Å². The van der Waals surface area contributed by atoms with Crippen LogP contribution < -0.4 is 15.5 Å². The molecule has 1 aromatic heterocycles. The molecule has 0 radical (unpaired) electrons. The summed E-state index contributed by atoms with van der Waals surface area (Å²) in [5.41, 5.74) is 2.37. The third kappa shape index (κ3) is 4.09. The molecule has 0 bridgehead atoms. The number of piperidine rings is 1. The third-order valence-corrected chi connectivity index (χ3v) is 7.93. The highest BCUT2D eigenvalue weighted by molar-refractivity contribution is 7.89. The number of aliphatic hydroxyl groups excluding tert-OH is 1. The second-order valence-corrected chi connectivity index (χ2v) is 10.2. The van der Waals surface area contributed by atoms with Crippen molar-refractivity contribution in [2.45, 2.75) is 23.8 Å². The Morgan fingerprint density at radius 2 is 1.79 bits per heavy atom. The van der Waals surface area contributed by atoms with Crippen LogP contribution in [0, 0.1) is 0 Å². The first-order chi connectivity index (χ1) is 16.3. The number of hydrogen-bond donors (Lipinski definition) is 3. The van der Waals surface area contributed by atoms with Crippen molar-refractivity contribution in [3.8, 4) is 0 Å². The Balaban J connectivity index is 1.37. The molecule has 1 saturated heterocycles. The number of sulfonamides is 1. The fourth-order valence-electron chi connectivity index (χ4n) is 4.11. The van der Waals surface area contributed by atoms with Gasteiger partial charge in [0.05, 0.1) is 28.4 Å². The molecule has 10 nitrogen and oxygen atoms in total. The molecule has 1 fully saturated rings. The largest absolute Gasteiger partial charge is 0.393 e. The average Bonchev–Trinajstić information content (AvgIpc) is 2.94. The lowest BCUT2D eigenvalue weighted by Crippen LogP contribution is -2.39. The molecule has 34 heavy (non-hydrogen) atoms. The van der Waals surface area contributed by atoms with Crippen molar-refractivity contribution in [3.05, 3.63) is 60.3 Å². The average molecular weight is 481 g/mol. The van der Waals surface area contributed by atoms with Gasteiger partial charge in [0.15, 0.2) is 5.82 Å². The number of carbonyl (C=O) groups is 1. The van der Waals surface area contributed by atoms with Crippen molar-refractivity contribution in [2.24, 2.45) is 0 Å². The Morgan fingerprint density at radius 3 is 2.53 bits per heavy atom. The van der Waals surface area contributed by atoms with E-state index in [4.69, 9.17) is 0 Å². The van der Waals surface area contributed by atoms with Gasteiger partial charge in [-0.3, -0.25) is 4.79 Å². The fraction of sp³-hybridized carbons (Fsp3) is 0.261. The van der Waals surface area contributed by atoms with Crippen LogP contribution in [0.15, 0.2) is 59.6 Å². The standard InChI is InChI=1S/C23H24N6O4S/c1-28-20-5-3-2-4-18(20)22(31)26-19-14-24-23(27-21(19)28)25-15-6-8-17(9-7-15)34(32,33)29-12-10-16(30)11-13-29/h2-9,14,16,30H,10-13H2,1H3,(H,26,31)(H,24,25,27). The maximum Gasteiger partial charge on any atom is 0.257 e. The number of amides is 1. The van der Waals surface area contributed by atoms with Crippen LogP contribution in [-0.4, -0.2) is 59.9 Å². The lowest BCUT2D eigenvalue weighted by molar-refractivity contribution is 0.102. The highest BCUT2D eigenvalue weighted by atomic mass is 32.2. The van der Waals surface area contributed by atoms with Gasteiger partial charge in [0.1, 0.15) is 5.69 Å². The molecule has 3 aromatic rings. The lowest BCUT2D eigenvalue weighted by Gasteiger charge is -2.28. The summed E-state index contributed by atoms with van der Waals surface area (Å²) in [5, 5.41) is 15.6. The van der Waals surface area contributed by atoms with Gasteiger partial charge in [0.2, 0.25) is 16.0 Å². The summed E-state index contributed by atoms with van der Waals surface area (Å²) in [6.07, 6.45) is 1.97. The zero-order chi connectivity index (χ0) is 23.9. The van der Waals surface area contributed by atoms with Crippen molar-refractivity contribution in [1.29, 1.82) is 0 Å². The predicted molar refractivity (Wildman–Crippen MR) is 128 cm³/mol. The van der Waals surface area contributed by atoms with E-state index in [2.05, 4.69) is 20.6 Å². The van der Waals surface area contributed by atoms with Gasteiger partial charge in [-0.2, -0.15) is 9.29 Å². The van der Waals surface area contributed by atoms with Crippen LogP contribution in [0.4, 0.5) is 28.8 Å². The molecule has 1 amide bonds. The smallest absolute Gasteiger partial charge is 0.257 e. The van der Waals surface area contributed by atoms with Gasteiger partial charge in [-0.1, -0.05) is 12.1 Å². The van der Waals surface area contributed by atoms with E-state index in [0.717, 1.165) is 5.69 Å². The monoisotopic (exact) mass is 480 g/mol. The van der Waals surface area contributed by atoms with E-state index in [1.807, 2.05) is 24.1 Å². The molecular weight excluding hydrogens is 456 g/mol. The maximum atomic E-state index is 12.9. The van der Waals surface area contributed by atoms with E-state index in [9.17, 15) is 18.3 Å². The van der Waals surface area contributed by atoms with Crippen LogP contribution in [0.5, 0.6) is 0 Å². The van der Waals surface area contributed by atoms with Crippen molar-refractivity contribution < 1.29 is 18.3 Å². The van der Waals surface area contributed by atoms with Crippen molar-refractivity contribution in [2.75, 3.05) is 35.7 Å². The number of anilines is 5. The van der Waals surface area contributed by atoms with Gasteiger partial charge in [-0.25, -0.2) is 13.4 Å². The van der Waals surface area contributed by atoms with Crippen LogP contribution in [-0.2, 0) is 10.0 Å². The molecule has 5 rings (SSSR count). The first-order valence-electron chi connectivity index (χ1n) is 10.9. The highest BCUT2D eigenvalue weighted by Crippen LogP contribution is 2.35. The molecule has 2 aliphatic heterocycles. The van der Waals surface area contributed by atoms with E-state index >= 15 is 0 Å². The summed E-state index contributed by atoms with van der Waals surface area (Å²) in [5.74, 6) is 0.604. The van der Waals surface area contributed by atoms with E-state index in [0.29, 0.717) is 54.6 Å². The second kappa shape index (κ2) is 8.67. The third-order valence-electron chi connectivity index (χ3n) is 6.02. The van der Waals surface area contributed by atoms with Gasteiger partial charge >= 0.3 is 0 Å². The molecule has 0 atom stereocenters. The van der Waals surface area contributed by atoms with E-state index < -0.39 is 16.1 Å². The Hall–Kier alpha value is -3.54. The zero-order valence-corrected chi connectivity index (χ0v) is 19.3. The number of carbonyl (C=O) groups excluding carboxylic acids is 1. The number of nitrogens with one attached hydrogen (secondary N) is 2. The van der Waals surface area contributed by atoms with E-state index in [1.54, 1.807) is 24.3 Å². The summed E-state index contributed by atoms with van der Waals surface area (Å²) in [6.45, 7) is 0.610. The minimum atomic E-state index is -3.62. The van der Waals surface area contributed by atoms with Crippen molar-refractivity contribution >= 4 is 44.8 Å². The number of para-hydroxylation sites is 1. The Kier molecular flexibility index (Phi) is 5.68. The number of fused-ring (bicyclic) bond motifs is 2. The van der Waals surface area contributed by atoms with Gasteiger partial charge in [0.25, 0.3) is 5.91 Å². The van der Waals surface area contributed by atoms with Crippen LogP contribution in [0.2, 0.25) is 0 Å². The molecule has 3 heterocycles. The topological polar surface area (TPSA) is 128 Å². The molecule has 0 spiro atoms. The Morgan fingerprint density at radius 1 is 1.09 bits per heavy atom.